The van der Waals surface area contributed by atoms with Gasteiger partial charge in [0.1, 0.15) is 17.5 Å². The zero-order valence-electron chi connectivity index (χ0n) is 26.6. The number of hydrogen-bond acceptors (Lipinski definition) is 6. The third kappa shape index (κ3) is 6.45. The van der Waals surface area contributed by atoms with Crippen molar-refractivity contribution < 1.29 is 27.9 Å². The Hall–Kier alpha value is -4.39. The zero-order chi connectivity index (χ0) is 33.6. The number of anilines is 5. The van der Waals surface area contributed by atoms with Crippen LogP contribution in [0.15, 0.2) is 48.5 Å². The van der Waals surface area contributed by atoms with Gasteiger partial charge in [-0.2, -0.15) is 0 Å². The lowest BCUT2D eigenvalue weighted by molar-refractivity contribution is -0.119. The van der Waals surface area contributed by atoms with Crippen LogP contribution in [0.25, 0.3) is 0 Å². The van der Waals surface area contributed by atoms with Gasteiger partial charge in [0, 0.05) is 36.6 Å². The van der Waals surface area contributed by atoms with Crippen LogP contribution in [0.4, 0.5) is 46.4 Å². The van der Waals surface area contributed by atoms with Gasteiger partial charge in [-0.15, -0.1) is 0 Å². The molecule has 3 atom stereocenters. The fourth-order valence-electron chi connectivity index (χ4n) is 7.32. The van der Waals surface area contributed by atoms with Crippen molar-refractivity contribution in [2.75, 3.05) is 46.2 Å². The van der Waals surface area contributed by atoms with E-state index in [-0.39, 0.29) is 40.9 Å². The fraction of sp³-hybridized carbons (Fsp3) is 0.412. The zero-order valence-corrected chi connectivity index (χ0v) is 27.6. The van der Waals surface area contributed by atoms with E-state index in [0.717, 1.165) is 28.6 Å². The first-order valence-corrected chi connectivity index (χ1v) is 19.5. The van der Waals surface area contributed by atoms with Gasteiger partial charge < -0.3 is 31.7 Å². The minimum atomic E-state index is -1.37. The molecule has 0 aliphatic carbocycles. The first-order chi connectivity index (χ1) is 22.3. The molecule has 13 heteroatoms. The van der Waals surface area contributed by atoms with E-state index in [4.69, 9.17) is 11.5 Å². The predicted octanol–water partition coefficient (Wildman–Crippen LogP) is 6.96. The van der Waals surface area contributed by atoms with Gasteiger partial charge in [-0.1, -0.05) is 25.2 Å². The number of rotatable bonds is 6. The second kappa shape index (κ2) is 12.7. The highest BCUT2D eigenvalue weighted by molar-refractivity contribution is 6.77. The molecule has 3 aromatic rings. The smallest absolute Gasteiger partial charge is 0.407 e. The number of nitrogens with one attached hydrogen (secondary N) is 1. The van der Waals surface area contributed by atoms with Gasteiger partial charge >= 0.3 is 6.09 Å². The third-order valence-corrected chi connectivity index (χ3v) is 13.2. The van der Waals surface area contributed by atoms with E-state index in [0.29, 0.717) is 44.5 Å². The predicted molar refractivity (Wildman–Crippen MR) is 181 cm³/mol. The van der Waals surface area contributed by atoms with E-state index in [1.165, 1.54) is 18.2 Å². The molecule has 9 nitrogen and oxygen atoms in total. The molecule has 6 N–H and O–H groups in total. The number of carbonyl (C=O) groups is 2. The van der Waals surface area contributed by atoms with Crippen molar-refractivity contribution in [3.8, 4) is 0 Å². The first kappa shape index (κ1) is 32.5. The average Bonchev–Trinajstić information content (AvgIpc) is 3.68. The van der Waals surface area contributed by atoms with E-state index in [2.05, 4.69) is 18.4 Å². The third-order valence-electron chi connectivity index (χ3n) is 10.0. The minimum absolute atomic E-state index is 0.0299. The van der Waals surface area contributed by atoms with Crippen molar-refractivity contribution >= 4 is 48.5 Å². The number of halogens is 3. The molecule has 0 saturated carbocycles. The van der Waals surface area contributed by atoms with Gasteiger partial charge in [-0.3, -0.25) is 9.69 Å². The maximum Gasteiger partial charge on any atom is 0.407 e. The molecule has 0 bridgehead atoms. The van der Waals surface area contributed by atoms with Crippen LogP contribution in [0.1, 0.15) is 48.9 Å². The Morgan fingerprint density at radius 1 is 0.872 bits per heavy atom. The van der Waals surface area contributed by atoms with Crippen LogP contribution < -0.4 is 26.6 Å². The molecule has 1 unspecified atom stereocenters. The van der Waals surface area contributed by atoms with E-state index in [1.807, 2.05) is 17.0 Å². The molecular weight excluding hydrogens is 625 g/mol. The summed E-state index contributed by atoms with van der Waals surface area (Å²) in [6, 6.07) is 12.5. The molecule has 250 valence electrons. The first-order valence-electron chi connectivity index (χ1n) is 16.1. The summed E-state index contributed by atoms with van der Waals surface area (Å²) in [5.41, 5.74) is 14.3. The Kier molecular flexibility index (Phi) is 8.77. The summed E-state index contributed by atoms with van der Waals surface area (Å²) in [6.45, 7) is 6.03. The lowest BCUT2D eigenvalue weighted by Crippen LogP contribution is -2.43. The second-order valence-electron chi connectivity index (χ2n) is 13.7. The number of benzene rings is 3. The second-order valence-corrected chi connectivity index (χ2v) is 19.0. The van der Waals surface area contributed by atoms with Crippen LogP contribution in [0.3, 0.4) is 0 Å². The van der Waals surface area contributed by atoms with Gasteiger partial charge in [0.2, 0.25) is 5.91 Å². The Morgan fingerprint density at radius 3 is 2.15 bits per heavy atom. The van der Waals surface area contributed by atoms with Crippen LogP contribution >= 0.6 is 0 Å². The maximum atomic E-state index is 16.0. The summed E-state index contributed by atoms with van der Waals surface area (Å²) in [5, 5.41) is 12.0. The highest BCUT2D eigenvalue weighted by atomic mass is 28.3. The lowest BCUT2D eigenvalue weighted by Gasteiger charge is -2.38. The number of carboxylic acid groups (broad SMARTS) is 1. The van der Waals surface area contributed by atoms with E-state index in [9.17, 15) is 14.7 Å². The number of hydrogen-bond donors (Lipinski definition) is 4. The van der Waals surface area contributed by atoms with Crippen LogP contribution in [0.2, 0.25) is 25.2 Å². The normalized spacial score (nSPS) is 22.5. The van der Waals surface area contributed by atoms with E-state index < -0.39 is 49.6 Å². The number of carbonyl (C=O) groups excluding carboxylic acids is 1. The Balaban J connectivity index is 1.34. The molecule has 3 aliphatic heterocycles. The largest absolute Gasteiger partial charge is 0.465 e. The van der Waals surface area contributed by atoms with Crippen molar-refractivity contribution in [1.29, 1.82) is 0 Å². The number of amides is 2. The number of likely N-dealkylation sites (tertiary alicyclic amines) is 1. The van der Waals surface area contributed by atoms with Gasteiger partial charge in [-0.05, 0) is 79.7 Å². The highest BCUT2D eigenvalue weighted by Gasteiger charge is 2.39. The SMILES string of the molecule is C[Si]1(C)CCN(c2c(F)cc(N3[C@@H](c4ccc(N)cc4)CC[C@@H]3c3cc(N)c(NC(=O)C4CCCN4C(=O)O)cc3F)cc2F)CC1. The minimum Gasteiger partial charge on any atom is -0.465 e. The Bertz CT molecular complexity index is 1660. The summed E-state index contributed by atoms with van der Waals surface area (Å²) in [4.78, 5) is 29.2. The van der Waals surface area contributed by atoms with Crippen molar-refractivity contribution in [3.05, 3.63) is 77.1 Å². The molecule has 3 aliphatic rings. The lowest BCUT2D eigenvalue weighted by atomic mass is 10.0. The Morgan fingerprint density at radius 2 is 1.51 bits per heavy atom. The molecule has 3 fully saturated rings. The molecule has 6 rings (SSSR count). The molecule has 47 heavy (non-hydrogen) atoms. The van der Waals surface area contributed by atoms with Gasteiger partial charge in [0.05, 0.1) is 31.5 Å². The summed E-state index contributed by atoms with van der Waals surface area (Å²) in [6.07, 6.45) is 0.724. The topological polar surface area (TPSA) is 128 Å². The van der Waals surface area contributed by atoms with Crippen LogP contribution in [0.5, 0.6) is 0 Å². The molecule has 2 amide bonds. The summed E-state index contributed by atoms with van der Waals surface area (Å²) in [7, 11) is -1.37. The number of nitrogen functional groups attached to an aromatic ring is 2. The van der Waals surface area contributed by atoms with Gasteiger partial charge in [0.25, 0.3) is 0 Å². The average molecular weight is 667 g/mol. The van der Waals surface area contributed by atoms with Gasteiger partial charge in [-0.25, -0.2) is 18.0 Å². The van der Waals surface area contributed by atoms with Gasteiger partial charge in [0.15, 0.2) is 11.6 Å². The van der Waals surface area contributed by atoms with Crippen molar-refractivity contribution in [3.63, 3.8) is 0 Å². The Labute approximate surface area is 273 Å². The van der Waals surface area contributed by atoms with Crippen LogP contribution in [-0.2, 0) is 4.79 Å². The molecule has 0 radical (unpaired) electrons. The summed E-state index contributed by atoms with van der Waals surface area (Å²) >= 11 is 0. The van der Waals surface area contributed by atoms with Crippen molar-refractivity contribution in [2.45, 2.75) is 69.0 Å². The molecule has 3 aromatic carbocycles. The molecule has 0 aromatic heterocycles. The summed E-state index contributed by atoms with van der Waals surface area (Å²) in [5.74, 6) is -2.56. The summed E-state index contributed by atoms with van der Waals surface area (Å²) < 4.78 is 47.8. The van der Waals surface area contributed by atoms with E-state index in [1.54, 1.807) is 17.0 Å². The standard InChI is InChI=1S/C34H41F3N6O3Si/c1-47(2)14-12-41(13-15-47)32-25(36)16-22(17-26(32)37)43-29(20-5-7-21(38)8-6-20)9-10-30(43)23-18-27(39)28(19-24(23)35)40-33(44)31-4-3-11-42(31)34(45)46/h5-8,16-19,29-31H,3-4,9-15,38-39H2,1-2H3,(H,40,44)(H,45,46)/t29-,30-,31?/m1/s1. The molecular formula is C34H41F3N6O3Si. The number of nitrogens with zero attached hydrogens (tertiary/aromatic N) is 3. The molecule has 3 heterocycles. The van der Waals surface area contributed by atoms with Crippen LogP contribution in [-0.4, -0.2) is 55.8 Å². The molecule has 0 spiro atoms. The number of nitrogens with two attached hydrogens (primary N) is 2. The van der Waals surface area contributed by atoms with Crippen molar-refractivity contribution in [1.82, 2.24) is 4.90 Å². The van der Waals surface area contributed by atoms with E-state index >= 15 is 13.2 Å². The fourth-order valence-corrected chi connectivity index (χ4v) is 9.32. The highest BCUT2D eigenvalue weighted by Crippen LogP contribution is 2.49. The maximum absolute atomic E-state index is 16.0. The van der Waals surface area contributed by atoms with Crippen molar-refractivity contribution in [2.24, 2.45) is 0 Å². The monoisotopic (exact) mass is 666 g/mol. The van der Waals surface area contributed by atoms with Crippen LogP contribution in [0, 0.1) is 17.5 Å². The quantitative estimate of drug-likeness (QED) is 0.165. The molecule has 3 saturated heterocycles.